The number of benzene rings is 2. The lowest BCUT2D eigenvalue weighted by molar-refractivity contribution is -0.115. The zero-order valence-corrected chi connectivity index (χ0v) is 17.2. The highest BCUT2D eigenvalue weighted by molar-refractivity contribution is 8.18. The molecule has 0 aliphatic carbocycles. The van der Waals surface area contributed by atoms with E-state index in [9.17, 15) is 13.2 Å². The summed E-state index contributed by atoms with van der Waals surface area (Å²) in [6.45, 7) is 2.05. The van der Waals surface area contributed by atoms with Crippen LogP contribution in [0.3, 0.4) is 0 Å². The van der Waals surface area contributed by atoms with Crippen molar-refractivity contribution < 1.29 is 26.9 Å². The maximum Gasteiger partial charge on any atom is 0.339 e. The van der Waals surface area contributed by atoms with Gasteiger partial charge in [0.15, 0.2) is 16.7 Å². The van der Waals surface area contributed by atoms with Crippen molar-refractivity contribution in [1.29, 1.82) is 5.41 Å². The maximum atomic E-state index is 12.6. The number of amides is 1. The quantitative estimate of drug-likeness (QED) is 0.508. The van der Waals surface area contributed by atoms with Crippen LogP contribution >= 0.6 is 11.8 Å². The van der Waals surface area contributed by atoms with Crippen LogP contribution in [-0.4, -0.2) is 33.2 Å². The number of rotatable bonds is 7. The second-order valence-corrected chi connectivity index (χ2v) is 8.34. The standard InChI is InChI=1S/C19H18N2O6S2/c1-3-26-16-10-12(11-17-18(22)21-19(20)28-17)4-9-15(16)27-29(23,24)14-7-5-13(25-2)6-8-14/h4-11H,3H2,1-2H3,(H2,20,21,22). The fourth-order valence-corrected chi connectivity index (χ4v) is 4.10. The smallest absolute Gasteiger partial charge is 0.339 e. The molecule has 0 radical (unpaired) electrons. The number of methoxy groups -OCH3 is 1. The maximum absolute atomic E-state index is 12.6. The molecule has 1 amide bonds. The molecule has 0 aromatic heterocycles. The second-order valence-electron chi connectivity index (χ2n) is 5.75. The number of hydrogen-bond acceptors (Lipinski definition) is 8. The van der Waals surface area contributed by atoms with Gasteiger partial charge in [-0.1, -0.05) is 6.07 Å². The Morgan fingerprint density at radius 2 is 1.86 bits per heavy atom. The number of amidine groups is 1. The van der Waals surface area contributed by atoms with E-state index in [-0.39, 0.29) is 27.5 Å². The van der Waals surface area contributed by atoms with Gasteiger partial charge < -0.3 is 19.0 Å². The highest BCUT2D eigenvalue weighted by Crippen LogP contribution is 2.33. The summed E-state index contributed by atoms with van der Waals surface area (Å²) in [5.74, 6) is 0.414. The van der Waals surface area contributed by atoms with Gasteiger partial charge >= 0.3 is 10.1 Å². The van der Waals surface area contributed by atoms with Gasteiger partial charge in [-0.25, -0.2) is 0 Å². The number of thioether (sulfide) groups is 1. The Morgan fingerprint density at radius 1 is 1.14 bits per heavy atom. The molecule has 8 nitrogen and oxygen atoms in total. The summed E-state index contributed by atoms with van der Waals surface area (Å²) in [7, 11) is -2.59. The van der Waals surface area contributed by atoms with Gasteiger partial charge in [-0.2, -0.15) is 8.42 Å². The first-order valence-corrected chi connectivity index (χ1v) is 10.7. The average molecular weight is 434 g/mol. The van der Waals surface area contributed by atoms with Crippen LogP contribution in [0.2, 0.25) is 0 Å². The van der Waals surface area contributed by atoms with Gasteiger partial charge in [0.2, 0.25) is 0 Å². The van der Waals surface area contributed by atoms with Crippen LogP contribution in [0, 0.1) is 5.41 Å². The van der Waals surface area contributed by atoms with Crippen molar-refractivity contribution in [2.24, 2.45) is 0 Å². The van der Waals surface area contributed by atoms with Crippen LogP contribution in [0.4, 0.5) is 0 Å². The van der Waals surface area contributed by atoms with Crippen molar-refractivity contribution in [3.8, 4) is 17.2 Å². The molecule has 10 heteroatoms. The molecule has 1 aliphatic heterocycles. The molecule has 29 heavy (non-hydrogen) atoms. The molecule has 0 unspecified atom stereocenters. The molecule has 1 fully saturated rings. The van der Waals surface area contributed by atoms with Gasteiger partial charge in [-0.3, -0.25) is 10.2 Å². The summed E-state index contributed by atoms with van der Waals surface area (Å²) < 4.78 is 41.0. The molecule has 1 heterocycles. The summed E-state index contributed by atoms with van der Waals surface area (Å²) in [6, 6.07) is 10.5. The third-order valence-corrected chi connectivity index (χ3v) is 5.85. The lowest BCUT2D eigenvalue weighted by Crippen LogP contribution is -2.18. The van der Waals surface area contributed by atoms with E-state index in [1.165, 1.54) is 37.4 Å². The van der Waals surface area contributed by atoms with E-state index in [4.69, 9.17) is 19.1 Å². The lowest BCUT2D eigenvalue weighted by Gasteiger charge is -2.13. The van der Waals surface area contributed by atoms with E-state index in [2.05, 4.69) is 5.32 Å². The minimum absolute atomic E-state index is 0.0236. The molecule has 1 aliphatic rings. The minimum Gasteiger partial charge on any atom is -0.497 e. The zero-order valence-electron chi connectivity index (χ0n) is 15.6. The molecular weight excluding hydrogens is 416 g/mol. The fourth-order valence-electron chi connectivity index (χ4n) is 2.45. The number of hydrogen-bond donors (Lipinski definition) is 2. The molecule has 0 saturated carbocycles. The Bertz CT molecular complexity index is 1080. The lowest BCUT2D eigenvalue weighted by atomic mass is 10.2. The number of nitrogens with one attached hydrogen (secondary N) is 2. The highest BCUT2D eigenvalue weighted by Gasteiger charge is 2.23. The summed E-state index contributed by atoms with van der Waals surface area (Å²) in [4.78, 5) is 12.1. The summed E-state index contributed by atoms with van der Waals surface area (Å²) >= 11 is 1.01. The molecule has 3 rings (SSSR count). The van der Waals surface area contributed by atoms with Crippen molar-refractivity contribution in [2.75, 3.05) is 13.7 Å². The largest absolute Gasteiger partial charge is 0.497 e. The van der Waals surface area contributed by atoms with E-state index in [0.29, 0.717) is 22.8 Å². The van der Waals surface area contributed by atoms with Gasteiger partial charge in [-0.15, -0.1) is 0 Å². The van der Waals surface area contributed by atoms with E-state index in [1.807, 2.05) is 0 Å². The van der Waals surface area contributed by atoms with E-state index in [1.54, 1.807) is 25.1 Å². The first kappa shape index (κ1) is 20.7. The predicted molar refractivity (Wildman–Crippen MR) is 110 cm³/mol. The number of ether oxygens (including phenoxy) is 2. The Balaban J connectivity index is 1.89. The zero-order chi connectivity index (χ0) is 21.0. The fraction of sp³-hybridized carbons (Fsp3) is 0.158. The first-order valence-electron chi connectivity index (χ1n) is 8.47. The Morgan fingerprint density at radius 3 is 2.45 bits per heavy atom. The summed E-state index contributed by atoms with van der Waals surface area (Å²) in [5, 5.41) is 9.94. The summed E-state index contributed by atoms with van der Waals surface area (Å²) in [5.41, 5.74) is 0.606. The van der Waals surface area contributed by atoms with Gasteiger partial charge in [0.05, 0.1) is 18.6 Å². The molecule has 0 atom stereocenters. The monoisotopic (exact) mass is 434 g/mol. The van der Waals surface area contributed by atoms with Crippen LogP contribution in [0.1, 0.15) is 12.5 Å². The highest BCUT2D eigenvalue weighted by atomic mass is 32.2. The first-order chi connectivity index (χ1) is 13.8. The number of carbonyl (C=O) groups excluding carboxylic acids is 1. The molecule has 1 saturated heterocycles. The van der Waals surface area contributed by atoms with Crippen LogP contribution in [-0.2, 0) is 14.9 Å². The number of carbonyl (C=O) groups is 1. The van der Waals surface area contributed by atoms with Gasteiger partial charge in [0.1, 0.15) is 10.6 Å². The Hall–Kier alpha value is -2.98. The Kier molecular flexibility index (Phi) is 6.14. The van der Waals surface area contributed by atoms with Crippen molar-refractivity contribution in [2.45, 2.75) is 11.8 Å². The van der Waals surface area contributed by atoms with Gasteiger partial charge in [0, 0.05) is 0 Å². The normalized spacial score (nSPS) is 15.3. The van der Waals surface area contributed by atoms with Gasteiger partial charge in [0.25, 0.3) is 5.91 Å². The molecule has 2 aromatic carbocycles. The third-order valence-electron chi connectivity index (χ3n) is 3.78. The molecule has 0 spiro atoms. The van der Waals surface area contributed by atoms with Gasteiger partial charge in [-0.05, 0) is 66.7 Å². The minimum atomic E-state index is -4.08. The second kappa shape index (κ2) is 8.58. The van der Waals surface area contributed by atoms with E-state index >= 15 is 0 Å². The van der Waals surface area contributed by atoms with Crippen molar-refractivity contribution in [1.82, 2.24) is 5.32 Å². The molecular formula is C19H18N2O6S2. The summed E-state index contributed by atoms with van der Waals surface area (Å²) in [6.07, 6.45) is 1.59. The molecule has 2 aromatic rings. The van der Waals surface area contributed by atoms with E-state index < -0.39 is 10.1 Å². The van der Waals surface area contributed by atoms with Crippen molar-refractivity contribution >= 4 is 39.0 Å². The Labute approximate surface area is 172 Å². The molecule has 2 N–H and O–H groups in total. The average Bonchev–Trinajstić information content (AvgIpc) is 3.01. The van der Waals surface area contributed by atoms with E-state index in [0.717, 1.165) is 11.8 Å². The predicted octanol–water partition coefficient (Wildman–Crippen LogP) is 3.00. The molecule has 0 bridgehead atoms. The van der Waals surface area contributed by atoms with Crippen molar-refractivity contribution in [3.05, 3.63) is 52.9 Å². The molecule has 152 valence electrons. The van der Waals surface area contributed by atoms with Crippen LogP contribution < -0.4 is 19.0 Å². The van der Waals surface area contributed by atoms with Crippen LogP contribution in [0.5, 0.6) is 17.2 Å². The van der Waals surface area contributed by atoms with Crippen LogP contribution in [0.25, 0.3) is 6.08 Å². The topological polar surface area (TPSA) is 115 Å². The van der Waals surface area contributed by atoms with Crippen LogP contribution in [0.15, 0.2) is 52.3 Å². The SMILES string of the molecule is CCOc1cc(C=C2SC(=N)NC2=O)ccc1OS(=O)(=O)c1ccc(OC)cc1. The third kappa shape index (κ3) is 4.90. The van der Waals surface area contributed by atoms with Crippen molar-refractivity contribution in [3.63, 3.8) is 0 Å².